The van der Waals surface area contributed by atoms with E-state index in [1.165, 1.54) is 45.9 Å². The van der Waals surface area contributed by atoms with Crippen LogP contribution in [0.15, 0.2) is 84.9 Å². The molecule has 0 saturated carbocycles. The van der Waals surface area contributed by atoms with Crippen LogP contribution in [0.4, 0.5) is 0 Å². The quantitative estimate of drug-likeness (QED) is 0.208. The van der Waals surface area contributed by atoms with Gasteiger partial charge in [0.1, 0.15) is 0 Å². The molecule has 1 aliphatic rings. The zero-order valence-electron chi connectivity index (χ0n) is 16.2. The Labute approximate surface area is 178 Å². The van der Waals surface area contributed by atoms with E-state index in [0.717, 1.165) is 6.42 Å². The summed E-state index contributed by atoms with van der Waals surface area (Å²) in [5.41, 5.74) is 5.51. The minimum absolute atomic E-state index is 0. The second-order valence-electron chi connectivity index (χ2n) is 6.55. The van der Waals surface area contributed by atoms with E-state index < -0.39 is 0 Å². The molecule has 0 heterocycles. The van der Waals surface area contributed by atoms with Crippen LogP contribution in [0.2, 0.25) is 0 Å². The summed E-state index contributed by atoms with van der Waals surface area (Å²) in [4.78, 5) is 0. The molecule has 1 aliphatic carbocycles. The van der Waals surface area contributed by atoms with Gasteiger partial charge in [-0.1, -0.05) is 68.1 Å². The van der Waals surface area contributed by atoms with E-state index in [9.17, 15) is 0 Å². The molecule has 1 heteroatoms. The van der Waals surface area contributed by atoms with Crippen LogP contribution < -0.4 is 0 Å². The maximum atomic E-state index is 3.30. The van der Waals surface area contributed by atoms with Gasteiger partial charge in [-0.2, -0.15) is 47.3 Å². The van der Waals surface area contributed by atoms with Crippen LogP contribution in [0, 0.1) is 6.07 Å². The summed E-state index contributed by atoms with van der Waals surface area (Å²) in [6.45, 7) is 4.36. The van der Waals surface area contributed by atoms with E-state index in [-0.39, 0.29) is 21.7 Å². The van der Waals surface area contributed by atoms with Gasteiger partial charge in [0.25, 0.3) is 0 Å². The molecule has 0 unspecified atom stereocenters. The van der Waals surface area contributed by atoms with Crippen molar-refractivity contribution in [3.63, 3.8) is 0 Å². The zero-order valence-corrected chi connectivity index (χ0v) is 17.8. The maximum absolute atomic E-state index is 3.30. The molecule has 0 amide bonds. The third-order valence-electron chi connectivity index (χ3n) is 4.66. The summed E-state index contributed by atoms with van der Waals surface area (Å²) < 4.78 is 0. The van der Waals surface area contributed by atoms with Crippen LogP contribution >= 0.6 is 0 Å². The van der Waals surface area contributed by atoms with Crippen molar-refractivity contribution in [2.45, 2.75) is 33.1 Å². The van der Waals surface area contributed by atoms with Crippen LogP contribution in [0.5, 0.6) is 0 Å². The third-order valence-corrected chi connectivity index (χ3v) is 4.66. The van der Waals surface area contributed by atoms with Crippen LogP contribution in [0.1, 0.15) is 37.8 Å². The molecule has 0 spiro atoms. The summed E-state index contributed by atoms with van der Waals surface area (Å²) in [5, 5.41) is 2.66. The molecule has 5 rings (SSSR count). The summed E-state index contributed by atoms with van der Waals surface area (Å²) in [5.74, 6) is 0. The molecule has 4 aromatic rings. The predicted molar refractivity (Wildman–Crippen MR) is 114 cm³/mol. The summed E-state index contributed by atoms with van der Waals surface area (Å²) in [7, 11) is 0. The average Bonchev–Trinajstić information content (AvgIpc) is 3.33. The summed E-state index contributed by atoms with van der Waals surface area (Å²) >= 11 is 0. The molecule has 0 fully saturated rings. The Morgan fingerprint density at radius 3 is 2.30 bits per heavy atom. The van der Waals surface area contributed by atoms with Crippen LogP contribution in [0.3, 0.4) is 0 Å². The van der Waals surface area contributed by atoms with Crippen molar-refractivity contribution in [1.29, 1.82) is 0 Å². The van der Waals surface area contributed by atoms with Crippen molar-refractivity contribution < 1.29 is 21.7 Å². The van der Waals surface area contributed by atoms with Gasteiger partial charge in [-0.05, 0) is 6.42 Å². The Balaban J connectivity index is 0.000000164. The normalized spacial score (nSPS) is 10.4. The van der Waals surface area contributed by atoms with E-state index in [2.05, 4.69) is 98.8 Å². The first kappa shape index (κ1) is 21.3. The van der Waals surface area contributed by atoms with Crippen molar-refractivity contribution in [3.8, 4) is 11.1 Å². The minimum Gasteiger partial charge on any atom is -0.179 e. The molecule has 0 aliphatic heterocycles. The molecule has 0 atom stereocenters. The fourth-order valence-corrected chi connectivity index (χ4v) is 3.07. The Kier molecular flexibility index (Phi) is 8.65. The van der Waals surface area contributed by atoms with E-state index in [1.54, 1.807) is 0 Å². The van der Waals surface area contributed by atoms with Crippen molar-refractivity contribution >= 4 is 10.8 Å². The number of rotatable bonds is 1. The maximum Gasteiger partial charge on any atom is 2.00 e. The SMILES string of the molecule is CCCC.[Ti+2].[c-]1cccc2c1Cc1ccccc1-2.c1ccc2[cH-]ccc2c1. The molecule has 0 nitrogen and oxygen atoms in total. The van der Waals surface area contributed by atoms with Crippen LogP contribution in [-0.4, -0.2) is 0 Å². The predicted octanol–water partition coefficient (Wildman–Crippen LogP) is 7.42. The van der Waals surface area contributed by atoms with E-state index in [0.29, 0.717) is 0 Å². The van der Waals surface area contributed by atoms with Gasteiger partial charge in [-0.3, -0.25) is 0 Å². The fraction of sp³-hybridized carbons (Fsp3) is 0.192. The van der Waals surface area contributed by atoms with Gasteiger partial charge in [-0.15, -0.1) is 35.2 Å². The van der Waals surface area contributed by atoms with Gasteiger partial charge in [0.15, 0.2) is 0 Å². The monoisotopic (exact) mass is 386 g/mol. The van der Waals surface area contributed by atoms with Gasteiger partial charge in [-0.25, -0.2) is 0 Å². The molecule has 0 bridgehead atoms. The Bertz CT molecular complexity index is 873. The Morgan fingerprint density at radius 1 is 0.815 bits per heavy atom. The molecule has 27 heavy (non-hydrogen) atoms. The van der Waals surface area contributed by atoms with Crippen LogP contribution in [0.25, 0.3) is 21.9 Å². The van der Waals surface area contributed by atoms with Crippen molar-refractivity contribution in [3.05, 3.63) is 102 Å². The molecule has 0 saturated heterocycles. The second-order valence-corrected chi connectivity index (χ2v) is 6.55. The second kappa shape index (κ2) is 11.0. The van der Waals surface area contributed by atoms with E-state index in [1.807, 2.05) is 6.07 Å². The molecule has 0 aromatic heterocycles. The first-order valence-electron chi connectivity index (χ1n) is 9.51. The standard InChI is InChI=1S/C13H9.C9H7.C4H10.Ti/c1-3-7-12-10(5-1)9-11-6-2-4-8-13(11)12;1-2-5-9-7-3-6-8(9)4-1;1-3-4-2;/h1-5,7-8H,9H2;1-7H;3-4H2,1-2H3;/q2*-1;;+2. The fourth-order valence-electron chi connectivity index (χ4n) is 3.07. The smallest absolute Gasteiger partial charge is 0.179 e. The molecule has 0 N–H and O–H groups in total. The first-order valence-corrected chi connectivity index (χ1v) is 9.51. The minimum atomic E-state index is 0. The van der Waals surface area contributed by atoms with Gasteiger partial charge in [0.05, 0.1) is 0 Å². The Hall–Kier alpha value is -2.02. The zero-order chi connectivity index (χ0) is 18.2. The van der Waals surface area contributed by atoms with E-state index in [4.69, 9.17) is 0 Å². The van der Waals surface area contributed by atoms with Crippen molar-refractivity contribution in [2.24, 2.45) is 0 Å². The van der Waals surface area contributed by atoms with E-state index >= 15 is 0 Å². The van der Waals surface area contributed by atoms with Gasteiger partial charge >= 0.3 is 21.7 Å². The molecule has 0 radical (unpaired) electrons. The Morgan fingerprint density at radius 2 is 1.52 bits per heavy atom. The van der Waals surface area contributed by atoms with Crippen molar-refractivity contribution in [2.75, 3.05) is 0 Å². The van der Waals surface area contributed by atoms with Gasteiger partial charge < -0.3 is 0 Å². The molecule has 134 valence electrons. The molecular formula is C26H26Ti. The first-order chi connectivity index (χ1) is 12.8. The number of fused-ring (bicyclic) bond motifs is 4. The number of unbranched alkanes of at least 4 members (excludes halogenated alkanes) is 1. The number of benzene rings is 3. The molecule has 4 aromatic carbocycles. The third kappa shape index (κ3) is 5.48. The topological polar surface area (TPSA) is 0 Å². The van der Waals surface area contributed by atoms with Crippen molar-refractivity contribution in [1.82, 2.24) is 0 Å². The summed E-state index contributed by atoms with van der Waals surface area (Å²) in [6.07, 6.45) is 3.69. The van der Waals surface area contributed by atoms with Gasteiger partial charge in [0, 0.05) is 0 Å². The largest absolute Gasteiger partial charge is 2.00 e. The van der Waals surface area contributed by atoms with Gasteiger partial charge in [0.2, 0.25) is 0 Å². The summed E-state index contributed by atoms with van der Waals surface area (Å²) in [6, 6.07) is 32.8. The number of hydrogen-bond donors (Lipinski definition) is 0. The number of hydrogen-bond acceptors (Lipinski definition) is 0. The molecular weight excluding hydrogens is 360 g/mol. The van der Waals surface area contributed by atoms with Crippen LogP contribution in [-0.2, 0) is 28.1 Å². The average molecular weight is 386 g/mol.